The lowest BCUT2D eigenvalue weighted by molar-refractivity contribution is 0.102. The van der Waals surface area contributed by atoms with E-state index in [2.05, 4.69) is 20.5 Å². The average molecular weight is 524 g/mol. The van der Waals surface area contributed by atoms with Gasteiger partial charge in [-0.15, -0.1) is 0 Å². The van der Waals surface area contributed by atoms with Crippen LogP contribution in [0.4, 0.5) is 20.4 Å². The number of fused-ring (bicyclic) bond motifs is 3. The first kappa shape index (κ1) is 23.4. The molecule has 0 spiro atoms. The Labute approximate surface area is 222 Å². The van der Waals surface area contributed by atoms with E-state index in [1.165, 1.54) is 36.4 Å². The molecule has 2 unspecified atom stereocenters. The Bertz CT molecular complexity index is 1700. The third-order valence-corrected chi connectivity index (χ3v) is 7.29. The lowest BCUT2D eigenvalue weighted by Gasteiger charge is -2.28. The second-order valence-electron chi connectivity index (χ2n) is 9.80. The molecule has 8 nitrogen and oxygen atoms in total. The second kappa shape index (κ2) is 9.25. The molecule has 2 bridgehead atoms. The van der Waals surface area contributed by atoms with E-state index in [4.69, 9.17) is 9.97 Å². The monoisotopic (exact) mass is 523 g/mol. The molecule has 39 heavy (non-hydrogen) atoms. The third kappa shape index (κ3) is 4.28. The standard InChI is InChI=1S/C29H23F2N7O/c30-19-5-1-17(2-6-19)27-34-24-9-10-26(37-16-21-13-23(37)15-33-21)36-28(24)38(27)22-11-12-32-25(14-22)35-29(39)18-3-7-20(31)8-4-18/h1-12,14,21,23,33H,13,15-16H2,(H,32,35,39). The summed E-state index contributed by atoms with van der Waals surface area (Å²) in [5.41, 5.74) is 3.04. The summed E-state index contributed by atoms with van der Waals surface area (Å²) in [4.78, 5) is 29.3. The van der Waals surface area contributed by atoms with Gasteiger partial charge in [0.25, 0.3) is 5.91 Å². The molecule has 5 aromatic rings. The van der Waals surface area contributed by atoms with Crippen molar-refractivity contribution < 1.29 is 13.6 Å². The Hall–Kier alpha value is -4.70. The summed E-state index contributed by atoms with van der Waals surface area (Å²) in [5, 5.41) is 6.30. The van der Waals surface area contributed by atoms with Crippen molar-refractivity contribution in [1.29, 1.82) is 0 Å². The van der Waals surface area contributed by atoms with Crippen LogP contribution >= 0.6 is 0 Å². The molecular formula is C29H23F2N7O. The summed E-state index contributed by atoms with van der Waals surface area (Å²) >= 11 is 0. The number of rotatable bonds is 5. The van der Waals surface area contributed by atoms with E-state index in [1.54, 1.807) is 30.5 Å². The molecule has 194 valence electrons. The highest BCUT2D eigenvalue weighted by molar-refractivity contribution is 6.03. The van der Waals surface area contributed by atoms with Gasteiger partial charge in [-0.05, 0) is 73.2 Å². The van der Waals surface area contributed by atoms with E-state index in [-0.39, 0.29) is 5.82 Å². The first-order valence-corrected chi connectivity index (χ1v) is 12.7. The van der Waals surface area contributed by atoms with E-state index in [9.17, 15) is 13.6 Å². The molecule has 0 aliphatic carbocycles. The Kier molecular flexibility index (Phi) is 5.55. The first-order valence-electron chi connectivity index (χ1n) is 12.7. The summed E-state index contributed by atoms with van der Waals surface area (Å²) in [6, 6.07) is 19.8. The van der Waals surface area contributed by atoms with Crippen LogP contribution in [-0.4, -0.2) is 50.6 Å². The number of hydrogen-bond donors (Lipinski definition) is 2. The van der Waals surface area contributed by atoms with Gasteiger partial charge in [-0.1, -0.05) is 0 Å². The van der Waals surface area contributed by atoms with Crippen molar-refractivity contribution in [2.24, 2.45) is 0 Å². The van der Waals surface area contributed by atoms with Crippen LogP contribution < -0.4 is 15.5 Å². The minimum absolute atomic E-state index is 0.310. The Morgan fingerprint density at radius 1 is 0.949 bits per heavy atom. The topological polar surface area (TPSA) is 88.0 Å². The number of piperazine rings is 1. The lowest BCUT2D eigenvalue weighted by Crippen LogP contribution is -2.44. The van der Waals surface area contributed by atoms with Crippen LogP contribution in [0.15, 0.2) is 79.0 Å². The summed E-state index contributed by atoms with van der Waals surface area (Å²) < 4.78 is 28.9. The molecule has 2 aliphatic heterocycles. The van der Waals surface area contributed by atoms with Gasteiger partial charge in [0.05, 0.1) is 5.69 Å². The molecular weight excluding hydrogens is 500 g/mol. The van der Waals surface area contributed by atoms with Crippen molar-refractivity contribution >= 4 is 28.7 Å². The van der Waals surface area contributed by atoms with E-state index >= 15 is 0 Å². The number of nitrogens with zero attached hydrogens (tertiary/aromatic N) is 5. The zero-order chi connectivity index (χ0) is 26.5. The van der Waals surface area contributed by atoms with Crippen molar-refractivity contribution in [1.82, 2.24) is 24.8 Å². The number of carbonyl (C=O) groups is 1. The highest BCUT2D eigenvalue weighted by Gasteiger charge is 2.38. The van der Waals surface area contributed by atoms with Crippen molar-refractivity contribution in [2.45, 2.75) is 18.5 Å². The van der Waals surface area contributed by atoms with Crippen molar-refractivity contribution in [3.05, 3.63) is 96.2 Å². The fourth-order valence-electron chi connectivity index (χ4n) is 5.40. The lowest BCUT2D eigenvalue weighted by atomic mass is 10.2. The first-order chi connectivity index (χ1) is 19.0. The zero-order valence-electron chi connectivity index (χ0n) is 20.7. The maximum Gasteiger partial charge on any atom is 0.256 e. The number of halogens is 2. The van der Waals surface area contributed by atoms with Crippen LogP contribution in [0, 0.1) is 11.6 Å². The van der Waals surface area contributed by atoms with Gasteiger partial charge in [0.2, 0.25) is 0 Å². The quantitative estimate of drug-likeness (QED) is 0.351. The van der Waals surface area contributed by atoms with Gasteiger partial charge >= 0.3 is 0 Å². The highest BCUT2D eigenvalue weighted by Crippen LogP contribution is 2.33. The molecule has 2 aromatic carbocycles. The SMILES string of the molecule is O=C(Nc1cc(-n2c(-c3ccc(F)cc3)nc3ccc(N4CC5CC4CN5)nc32)ccn1)c1ccc(F)cc1. The molecule has 3 aromatic heterocycles. The number of hydrogen-bond acceptors (Lipinski definition) is 6. The maximum absolute atomic E-state index is 13.7. The second-order valence-corrected chi connectivity index (χ2v) is 9.80. The number of aromatic nitrogens is 4. The molecule has 2 saturated heterocycles. The van der Waals surface area contributed by atoms with Crippen LogP contribution in [0.5, 0.6) is 0 Å². The van der Waals surface area contributed by atoms with Gasteiger partial charge in [-0.2, -0.15) is 0 Å². The van der Waals surface area contributed by atoms with Crippen LogP contribution in [0.25, 0.3) is 28.2 Å². The summed E-state index contributed by atoms with van der Waals surface area (Å²) in [6.07, 6.45) is 2.69. The highest BCUT2D eigenvalue weighted by atomic mass is 19.1. The molecule has 2 aliphatic rings. The van der Waals surface area contributed by atoms with E-state index in [0.29, 0.717) is 51.7 Å². The number of benzene rings is 2. The predicted molar refractivity (Wildman–Crippen MR) is 144 cm³/mol. The number of nitrogens with one attached hydrogen (secondary N) is 2. The van der Waals surface area contributed by atoms with E-state index in [0.717, 1.165) is 25.3 Å². The van der Waals surface area contributed by atoms with Crippen molar-refractivity contribution in [3.8, 4) is 17.1 Å². The fourth-order valence-corrected chi connectivity index (χ4v) is 5.40. The minimum Gasteiger partial charge on any atom is -0.351 e. The van der Waals surface area contributed by atoms with Gasteiger partial charge in [-0.3, -0.25) is 9.36 Å². The number of anilines is 2. The molecule has 10 heteroatoms. The number of imidazole rings is 1. The van der Waals surface area contributed by atoms with E-state index in [1.807, 2.05) is 16.7 Å². The Morgan fingerprint density at radius 3 is 2.44 bits per heavy atom. The van der Waals surface area contributed by atoms with Crippen LogP contribution in [0.2, 0.25) is 0 Å². The van der Waals surface area contributed by atoms with Gasteiger partial charge < -0.3 is 15.5 Å². The molecule has 0 saturated carbocycles. The molecule has 7 rings (SSSR count). The van der Waals surface area contributed by atoms with E-state index < -0.39 is 11.7 Å². The van der Waals surface area contributed by atoms with Crippen LogP contribution in [-0.2, 0) is 0 Å². The van der Waals surface area contributed by atoms with Gasteiger partial charge in [0.15, 0.2) is 5.65 Å². The van der Waals surface area contributed by atoms with Crippen molar-refractivity contribution in [2.75, 3.05) is 23.3 Å². The Morgan fingerprint density at radius 2 is 1.72 bits per heavy atom. The molecule has 1 amide bonds. The third-order valence-electron chi connectivity index (χ3n) is 7.29. The van der Waals surface area contributed by atoms with Crippen LogP contribution in [0.1, 0.15) is 16.8 Å². The van der Waals surface area contributed by atoms with Crippen molar-refractivity contribution in [3.63, 3.8) is 0 Å². The predicted octanol–water partition coefficient (Wildman–Crippen LogP) is 4.56. The maximum atomic E-state index is 13.7. The smallest absolute Gasteiger partial charge is 0.256 e. The van der Waals surface area contributed by atoms with Gasteiger partial charge in [0.1, 0.15) is 34.6 Å². The molecule has 0 radical (unpaired) electrons. The normalized spacial score (nSPS) is 18.2. The molecule has 2 fully saturated rings. The molecule has 2 N–H and O–H groups in total. The molecule has 2 atom stereocenters. The van der Waals surface area contributed by atoms with Gasteiger partial charge in [0, 0.05) is 48.6 Å². The average Bonchev–Trinajstić information content (AvgIpc) is 3.68. The fraction of sp³-hybridized carbons (Fsp3) is 0.172. The molecule has 5 heterocycles. The summed E-state index contributed by atoms with van der Waals surface area (Å²) in [7, 11) is 0. The zero-order valence-corrected chi connectivity index (χ0v) is 20.7. The minimum atomic E-state index is -0.420. The largest absolute Gasteiger partial charge is 0.351 e. The number of amides is 1. The summed E-state index contributed by atoms with van der Waals surface area (Å²) in [5.74, 6) is 0.606. The van der Waals surface area contributed by atoms with Crippen LogP contribution in [0.3, 0.4) is 0 Å². The number of pyridine rings is 2. The van der Waals surface area contributed by atoms with Gasteiger partial charge in [-0.25, -0.2) is 23.7 Å². The summed E-state index contributed by atoms with van der Waals surface area (Å²) in [6.45, 7) is 1.84. The Balaban J connectivity index is 1.32. The number of carbonyl (C=O) groups excluding carboxylic acids is 1.